The Morgan fingerprint density at radius 1 is 0.646 bits per heavy atom. The fourth-order valence-electron chi connectivity index (χ4n) is 7.47. The van der Waals surface area contributed by atoms with Crippen LogP contribution in [-0.2, 0) is 0 Å². The lowest BCUT2D eigenvalue weighted by Crippen LogP contribution is -2.10. The van der Waals surface area contributed by atoms with Gasteiger partial charge >= 0.3 is 0 Å². The van der Waals surface area contributed by atoms with Crippen molar-refractivity contribution in [3.05, 3.63) is 151 Å². The highest BCUT2D eigenvalue weighted by molar-refractivity contribution is 6.13. The van der Waals surface area contributed by atoms with Gasteiger partial charge in [-0.15, -0.1) is 0 Å². The molecule has 10 rings (SSSR count). The highest BCUT2D eigenvalue weighted by Gasteiger charge is 2.28. The molecule has 4 heteroatoms. The summed E-state index contributed by atoms with van der Waals surface area (Å²) in [5, 5.41) is 4.64. The number of oxazole rings is 1. The fourth-order valence-corrected chi connectivity index (χ4v) is 7.47. The van der Waals surface area contributed by atoms with Crippen LogP contribution in [0.4, 0.5) is 17.1 Å². The predicted octanol–water partition coefficient (Wildman–Crippen LogP) is 12.5. The van der Waals surface area contributed by atoms with Crippen molar-refractivity contribution in [2.75, 3.05) is 4.90 Å². The van der Waals surface area contributed by atoms with E-state index in [0.717, 1.165) is 73.6 Å². The van der Waals surface area contributed by atoms with E-state index in [9.17, 15) is 0 Å². The molecule has 0 spiro atoms. The topological polar surface area (TPSA) is 42.4 Å². The first-order chi connectivity index (χ1) is 23.7. The normalized spacial score (nSPS) is 14.9. The molecule has 48 heavy (non-hydrogen) atoms. The summed E-state index contributed by atoms with van der Waals surface area (Å²) >= 11 is 0. The Hall–Kier alpha value is -6.13. The minimum Gasteiger partial charge on any atom is -0.456 e. The Labute approximate surface area is 277 Å². The molecule has 1 atom stereocenters. The van der Waals surface area contributed by atoms with Gasteiger partial charge in [-0.2, -0.15) is 0 Å². The molecule has 0 saturated carbocycles. The van der Waals surface area contributed by atoms with Gasteiger partial charge in [-0.05, 0) is 89.5 Å². The van der Waals surface area contributed by atoms with Gasteiger partial charge in [0.05, 0.1) is 0 Å². The number of hydrogen-bond donors (Lipinski definition) is 0. The van der Waals surface area contributed by atoms with E-state index >= 15 is 0 Å². The first kappa shape index (κ1) is 27.0. The van der Waals surface area contributed by atoms with E-state index in [2.05, 4.69) is 145 Å². The van der Waals surface area contributed by atoms with Gasteiger partial charge in [-0.3, -0.25) is 0 Å². The van der Waals surface area contributed by atoms with Crippen molar-refractivity contribution in [3.8, 4) is 34.0 Å². The van der Waals surface area contributed by atoms with Crippen molar-refractivity contribution in [1.82, 2.24) is 4.98 Å². The van der Waals surface area contributed by atoms with E-state index in [0.29, 0.717) is 11.8 Å². The molecule has 4 nitrogen and oxygen atoms in total. The monoisotopic (exact) mass is 618 g/mol. The third-order valence-corrected chi connectivity index (χ3v) is 9.80. The van der Waals surface area contributed by atoms with Crippen LogP contribution in [0.15, 0.2) is 154 Å². The van der Waals surface area contributed by atoms with Gasteiger partial charge in [0.25, 0.3) is 0 Å². The van der Waals surface area contributed by atoms with Crippen molar-refractivity contribution in [2.45, 2.75) is 13.3 Å². The molecule has 0 bridgehead atoms. The van der Waals surface area contributed by atoms with E-state index in [1.807, 2.05) is 12.1 Å². The molecule has 0 radical (unpaired) electrons. The van der Waals surface area contributed by atoms with Gasteiger partial charge in [0, 0.05) is 49.9 Å². The van der Waals surface area contributed by atoms with Crippen LogP contribution in [0, 0.1) is 5.92 Å². The molecule has 0 N–H and O–H groups in total. The van der Waals surface area contributed by atoms with Crippen LogP contribution < -0.4 is 4.90 Å². The Morgan fingerprint density at radius 2 is 1.35 bits per heavy atom. The highest BCUT2D eigenvalue weighted by Crippen LogP contribution is 2.48. The molecule has 2 aromatic heterocycles. The minimum absolute atomic E-state index is 0.546. The molecule has 0 saturated heterocycles. The lowest BCUT2D eigenvalue weighted by Gasteiger charge is -2.26. The van der Waals surface area contributed by atoms with E-state index < -0.39 is 0 Å². The summed E-state index contributed by atoms with van der Waals surface area (Å²) in [5.41, 5.74) is 11.7. The second-order valence-corrected chi connectivity index (χ2v) is 12.9. The summed E-state index contributed by atoms with van der Waals surface area (Å²) in [7, 11) is 0. The third kappa shape index (κ3) is 4.19. The van der Waals surface area contributed by atoms with Gasteiger partial charge in [-0.25, -0.2) is 4.98 Å². The standard InChI is InChI=1S/C44H30N2O2/c1-27-7-4-10-31(25-27)28-15-19-32(20-16-28)46(34-23-24-40-38(26-34)35-11-2-3-14-39(35)47-40)33-21-17-30(18-22-33)44-45-42-36-12-5-8-29-9-6-13-37(41(29)36)43(42)48-44/h2-24,26-27H,25H2,1H3. The molecule has 6 aromatic carbocycles. The molecule has 2 aliphatic carbocycles. The Bertz CT molecular complexity index is 2540. The molecule has 8 aromatic rings. The first-order valence-corrected chi connectivity index (χ1v) is 16.5. The van der Waals surface area contributed by atoms with Crippen LogP contribution in [0.3, 0.4) is 0 Å². The van der Waals surface area contributed by atoms with E-state index in [-0.39, 0.29) is 0 Å². The van der Waals surface area contributed by atoms with Crippen LogP contribution >= 0.6 is 0 Å². The molecule has 2 heterocycles. The molecular formula is C44H30N2O2. The zero-order valence-electron chi connectivity index (χ0n) is 26.4. The van der Waals surface area contributed by atoms with Gasteiger partial charge in [0.15, 0.2) is 5.76 Å². The maximum atomic E-state index is 6.47. The quantitative estimate of drug-likeness (QED) is 0.192. The second-order valence-electron chi connectivity index (χ2n) is 12.9. The number of fused-ring (bicyclic) bond motifs is 6. The zero-order chi connectivity index (χ0) is 31.8. The van der Waals surface area contributed by atoms with Crippen molar-refractivity contribution < 1.29 is 8.83 Å². The summed E-state index contributed by atoms with van der Waals surface area (Å²) in [6.45, 7) is 2.27. The zero-order valence-corrected chi connectivity index (χ0v) is 26.4. The molecule has 0 aliphatic heterocycles. The van der Waals surface area contributed by atoms with Gasteiger partial charge < -0.3 is 13.7 Å². The number of benzene rings is 6. The van der Waals surface area contributed by atoms with Crippen molar-refractivity contribution in [3.63, 3.8) is 0 Å². The van der Waals surface area contributed by atoms with Crippen molar-refractivity contribution >= 4 is 55.3 Å². The summed E-state index contributed by atoms with van der Waals surface area (Å²) in [6.07, 6.45) is 7.73. The predicted molar refractivity (Wildman–Crippen MR) is 197 cm³/mol. The Balaban J connectivity index is 1.06. The van der Waals surface area contributed by atoms with E-state index in [1.165, 1.54) is 21.9 Å². The van der Waals surface area contributed by atoms with Crippen molar-refractivity contribution in [2.24, 2.45) is 5.92 Å². The SMILES string of the molecule is CC1C=CC=C(c2ccc(N(c3ccc(-c4nc5c(o4)-c4cccc6cccc-5c46)cc3)c3ccc4oc5ccccc5c4c3)cc2)C1. The smallest absolute Gasteiger partial charge is 0.227 e. The lowest BCUT2D eigenvalue weighted by atomic mass is 9.91. The van der Waals surface area contributed by atoms with Crippen LogP contribution in [0.2, 0.25) is 0 Å². The molecule has 228 valence electrons. The number of rotatable bonds is 5. The molecule has 0 fully saturated rings. The number of hydrogen-bond acceptors (Lipinski definition) is 4. The number of anilines is 3. The van der Waals surface area contributed by atoms with Crippen LogP contribution in [0.5, 0.6) is 0 Å². The summed E-state index contributed by atoms with van der Waals surface area (Å²) < 4.78 is 12.6. The third-order valence-electron chi connectivity index (χ3n) is 9.80. The van der Waals surface area contributed by atoms with Gasteiger partial charge in [0.2, 0.25) is 5.89 Å². The van der Waals surface area contributed by atoms with Crippen LogP contribution in [-0.4, -0.2) is 4.98 Å². The van der Waals surface area contributed by atoms with Crippen LogP contribution in [0.1, 0.15) is 18.9 Å². The summed E-state index contributed by atoms with van der Waals surface area (Å²) in [6, 6.07) is 44.9. The minimum atomic E-state index is 0.546. The number of para-hydroxylation sites is 1. The fraction of sp³-hybridized carbons (Fsp3) is 0.0682. The van der Waals surface area contributed by atoms with Crippen LogP contribution in [0.25, 0.3) is 72.3 Å². The summed E-state index contributed by atoms with van der Waals surface area (Å²) in [5.74, 6) is 2.02. The van der Waals surface area contributed by atoms with Gasteiger partial charge in [0.1, 0.15) is 16.9 Å². The van der Waals surface area contributed by atoms with Crippen molar-refractivity contribution in [1.29, 1.82) is 0 Å². The first-order valence-electron chi connectivity index (χ1n) is 16.5. The highest BCUT2D eigenvalue weighted by atomic mass is 16.4. The van der Waals surface area contributed by atoms with Gasteiger partial charge in [-0.1, -0.05) is 91.9 Å². The number of allylic oxidation sites excluding steroid dienone is 4. The second kappa shape index (κ2) is 10.4. The Kier molecular flexibility index (Phi) is 5.88. The number of furan rings is 1. The Morgan fingerprint density at radius 3 is 2.15 bits per heavy atom. The molecule has 2 aliphatic rings. The largest absolute Gasteiger partial charge is 0.456 e. The lowest BCUT2D eigenvalue weighted by molar-refractivity contribution is 0.590. The maximum Gasteiger partial charge on any atom is 0.227 e. The number of aromatic nitrogens is 1. The molecule has 1 unspecified atom stereocenters. The molecular weight excluding hydrogens is 588 g/mol. The average Bonchev–Trinajstić information content (AvgIpc) is 3.82. The summed E-state index contributed by atoms with van der Waals surface area (Å²) in [4.78, 5) is 7.31. The van der Waals surface area contributed by atoms with E-state index in [4.69, 9.17) is 13.8 Å². The number of nitrogens with zero attached hydrogens (tertiary/aromatic N) is 2. The average molecular weight is 619 g/mol. The van der Waals surface area contributed by atoms with E-state index in [1.54, 1.807) is 0 Å². The molecule has 0 amide bonds. The maximum absolute atomic E-state index is 6.47.